The molecule has 1 amide bonds. The molecule has 0 spiro atoms. The molecule has 1 aliphatic heterocycles. The molecule has 15 heavy (non-hydrogen) atoms. The fourth-order valence-corrected chi connectivity index (χ4v) is 1.57. The van der Waals surface area contributed by atoms with Crippen LogP contribution in [0, 0.1) is 0 Å². The first-order chi connectivity index (χ1) is 7.24. The Morgan fingerprint density at radius 2 is 2.27 bits per heavy atom. The van der Waals surface area contributed by atoms with E-state index >= 15 is 0 Å². The smallest absolute Gasteiger partial charge is 0.225 e. The van der Waals surface area contributed by atoms with E-state index in [1.165, 1.54) is 0 Å². The lowest BCUT2D eigenvalue weighted by atomic mass is 10.3. The molecule has 1 fully saturated rings. The Hall–Kier alpha value is -0.650. The third kappa shape index (κ3) is 4.59. The Morgan fingerprint density at radius 3 is 2.87 bits per heavy atom. The van der Waals surface area contributed by atoms with Gasteiger partial charge in [0.25, 0.3) is 0 Å². The highest BCUT2D eigenvalue weighted by molar-refractivity contribution is 5.78. The number of aliphatic hydroxyl groups excluding tert-OH is 1. The SMILES string of the molecule is COCCOCCCN1CC(O)CC1=O. The van der Waals surface area contributed by atoms with E-state index in [0.717, 1.165) is 6.42 Å². The minimum atomic E-state index is -0.480. The number of aliphatic hydroxyl groups is 1. The summed E-state index contributed by atoms with van der Waals surface area (Å²) in [5.74, 6) is 0.0411. The van der Waals surface area contributed by atoms with Crippen LogP contribution in [-0.4, -0.2) is 62.0 Å². The van der Waals surface area contributed by atoms with Crippen molar-refractivity contribution >= 4 is 5.91 Å². The van der Waals surface area contributed by atoms with E-state index in [1.807, 2.05) is 0 Å². The third-order valence-corrected chi connectivity index (χ3v) is 2.34. The highest BCUT2D eigenvalue weighted by atomic mass is 16.5. The van der Waals surface area contributed by atoms with Crippen LogP contribution < -0.4 is 0 Å². The molecule has 0 radical (unpaired) electrons. The van der Waals surface area contributed by atoms with Crippen molar-refractivity contribution in [1.29, 1.82) is 0 Å². The Labute approximate surface area is 90.0 Å². The number of carbonyl (C=O) groups is 1. The number of ether oxygens (including phenoxy) is 2. The first-order valence-electron chi connectivity index (χ1n) is 5.26. The minimum Gasteiger partial charge on any atom is -0.391 e. The van der Waals surface area contributed by atoms with E-state index in [1.54, 1.807) is 12.0 Å². The van der Waals surface area contributed by atoms with Gasteiger partial charge < -0.3 is 19.5 Å². The molecule has 5 nitrogen and oxygen atoms in total. The largest absolute Gasteiger partial charge is 0.391 e. The molecule has 0 saturated carbocycles. The normalized spacial score (nSPS) is 21.3. The molecule has 1 atom stereocenters. The maximum Gasteiger partial charge on any atom is 0.225 e. The van der Waals surface area contributed by atoms with E-state index < -0.39 is 6.10 Å². The standard InChI is InChI=1S/C10H19NO4/c1-14-5-6-15-4-2-3-11-8-9(12)7-10(11)13/h9,12H,2-8H2,1H3. The monoisotopic (exact) mass is 217 g/mol. The highest BCUT2D eigenvalue weighted by Crippen LogP contribution is 2.10. The molecule has 1 unspecified atom stereocenters. The summed E-state index contributed by atoms with van der Waals surface area (Å²) in [5, 5.41) is 9.23. The summed E-state index contributed by atoms with van der Waals surface area (Å²) in [7, 11) is 1.63. The number of hydrogen-bond acceptors (Lipinski definition) is 4. The van der Waals surface area contributed by atoms with Gasteiger partial charge in [0.1, 0.15) is 0 Å². The van der Waals surface area contributed by atoms with E-state index in [-0.39, 0.29) is 12.3 Å². The predicted octanol–water partition coefficient (Wildman–Crippen LogP) is -0.367. The molecule has 88 valence electrons. The number of carbonyl (C=O) groups excluding carboxylic acids is 1. The number of β-amino-alcohol motifs (C(OH)–C–C–N with tert-alkyl or cyclic N) is 1. The van der Waals surface area contributed by atoms with Gasteiger partial charge in [0.05, 0.1) is 25.7 Å². The van der Waals surface area contributed by atoms with Crippen molar-refractivity contribution in [2.75, 3.05) is 40.0 Å². The van der Waals surface area contributed by atoms with E-state index in [9.17, 15) is 9.90 Å². The van der Waals surface area contributed by atoms with Crippen LogP contribution in [0.4, 0.5) is 0 Å². The van der Waals surface area contributed by atoms with Crippen LogP contribution >= 0.6 is 0 Å². The van der Waals surface area contributed by atoms with Crippen LogP contribution in [0.3, 0.4) is 0 Å². The van der Waals surface area contributed by atoms with Crippen LogP contribution in [-0.2, 0) is 14.3 Å². The zero-order valence-corrected chi connectivity index (χ0v) is 9.15. The maximum absolute atomic E-state index is 11.3. The van der Waals surface area contributed by atoms with Crippen molar-refractivity contribution in [1.82, 2.24) is 4.90 Å². The first-order valence-corrected chi connectivity index (χ1v) is 5.26. The summed E-state index contributed by atoms with van der Waals surface area (Å²) < 4.78 is 10.1. The number of likely N-dealkylation sites (tertiary alicyclic amines) is 1. The zero-order valence-electron chi connectivity index (χ0n) is 9.15. The fraction of sp³-hybridized carbons (Fsp3) is 0.900. The van der Waals surface area contributed by atoms with Gasteiger partial charge in [0, 0.05) is 26.8 Å². The lowest BCUT2D eigenvalue weighted by molar-refractivity contribution is -0.127. The maximum atomic E-state index is 11.3. The summed E-state index contributed by atoms with van der Waals surface area (Å²) in [6.45, 7) is 2.96. The summed E-state index contributed by atoms with van der Waals surface area (Å²) in [4.78, 5) is 12.9. The molecule has 0 aromatic carbocycles. The molecule has 0 aromatic rings. The van der Waals surface area contributed by atoms with E-state index in [4.69, 9.17) is 9.47 Å². The van der Waals surface area contributed by atoms with Crippen molar-refractivity contribution < 1.29 is 19.4 Å². The fourth-order valence-electron chi connectivity index (χ4n) is 1.57. The molecule has 0 aromatic heterocycles. The number of amides is 1. The number of rotatable bonds is 7. The van der Waals surface area contributed by atoms with Crippen molar-refractivity contribution in [3.05, 3.63) is 0 Å². The molecular formula is C10H19NO4. The second kappa shape index (κ2) is 6.76. The third-order valence-electron chi connectivity index (χ3n) is 2.34. The highest BCUT2D eigenvalue weighted by Gasteiger charge is 2.26. The van der Waals surface area contributed by atoms with E-state index in [2.05, 4.69) is 0 Å². The van der Waals surface area contributed by atoms with Crippen LogP contribution in [0.5, 0.6) is 0 Å². The topological polar surface area (TPSA) is 59.0 Å². The molecule has 1 N–H and O–H groups in total. The summed E-state index contributed by atoms with van der Waals surface area (Å²) in [6, 6.07) is 0. The Kier molecular flexibility index (Phi) is 5.60. The first kappa shape index (κ1) is 12.4. The van der Waals surface area contributed by atoms with Crippen molar-refractivity contribution in [3.8, 4) is 0 Å². The van der Waals surface area contributed by atoms with Gasteiger partial charge in [-0.2, -0.15) is 0 Å². The van der Waals surface area contributed by atoms with Crippen LogP contribution in [0.1, 0.15) is 12.8 Å². The average molecular weight is 217 g/mol. The van der Waals surface area contributed by atoms with Gasteiger partial charge in [-0.25, -0.2) is 0 Å². The molecular weight excluding hydrogens is 198 g/mol. The van der Waals surface area contributed by atoms with Crippen molar-refractivity contribution in [2.45, 2.75) is 18.9 Å². The van der Waals surface area contributed by atoms with Gasteiger partial charge in [-0.15, -0.1) is 0 Å². The van der Waals surface area contributed by atoms with Gasteiger partial charge in [-0.05, 0) is 6.42 Å². The number of hydrogen-bond donors (Lipinski definition) is 1. The van der Waals surface area contributed by atoms with Gasteiger partial charge in [-0.1, -0.05) is 0 Å². The average Bonchev–Trinajstić information content (AvgIpc) is 2.51. The zero-order chi connectivity index (χ0) is 11.1. The lowest BCUT2D eigenvalue weighted by Gasteiger charge is -2.15. The molecule has 0 aliphatic carbocycles. The molecule has 0 bridgehead atoms. The molecule has 1 heterocycles. The summed E-state index contributed by atoms with van der Waals surface area (Å²) in [5.41, 5.74) is 0. The van der Waals surface area contributed by atoms with E-state index in [0.29, 0.717) is 32.9 Å². The number of methoxy groups -OCH3 is 1. The summed E-state index contributed by atoms with van der Waals surface area (Å²) >= 11 is 0. The molecule has 5 heteroatoms. The van der Waals surface area contributed by atoms with Crippen LogP contribution in [0.25, 0.3) is 0 Å². The molecule has 1 saturated heterocycles. The van der Waals surface area contributed by atoms with Gasteiger partial charge in [-0.3, -0.25) is 4.79 Å². The second-order valence-electron chi connectivity index (χ2n) is 3.66. The van der Waals surface area contributed by atoms with Gasteiger partial charge >= 0.3 is 0 Å². The predicted molar refractivity (Wildman–Crippen MR) is 54.5 cm³/mol. The molecule has 1 aliphatic rings. The lowest BCUT2D eigenvalue weighted by Crippen LogP contribution is -2.27. The van der Waals surface area contributed by atoms with Crippen molar-refractivity contribution in [3.63, 3.8) is 0 Å². The van der Waals surface area contributed by atoms with Gasteiger partial charge in [0.2, 0.25) is 5.91 Å². The number of nitrogens with zero attached hydrogens (tertiary/aromatic N) is 1. The molecule has 1 rings (SSSR count). The Morgan fingerprint density at radius 1 is 1.47 bits per heavy atom. The quantitative estimate of drug-likeness (QED) is 0.591. The van der Waals surface area contributed by atoms with Crippen molar-refractivity contribution in [2.24, 2.45) is 0 Å². The van der Waals surface area contributed by atoms with Crippen LogP contribution in [0.2, 0.25) is 0 Å². The second-order valence-corrected chi connectivity index (χ2v) is 3.66. The minimum absolute atomic E-state index is 0.0411. The van der Waals surface area contributed by atoms with Gasteiger partial charge in [0.15, 0.2) is 0 Å². The van der Waals surface area contributed by atoms with Crippen LogP contribution in [0.15, 0.2) is 0 Å². The Balaban J connectivity index is 1.98. The Bertz CT molecular complexity index is 198. The summed E-state index contributed by atoms with van der Waals surface area (Å²) in [6.07, 6.45) is 0.596.